The molecule has 1 N–H and O–H groups in total. The van der Waals surface area contributed by atoms with E-state index in [0.29, 0.717) is 0 Å². The van der Waals surface area contributed by atoms with Gasteiger partial charge in [0.1, 0.15) is 0 Å². The van der Waals surface area contributed by atoms with Crippen LogP contribution in [-0.2, 0) is 9.59 Å². The molecule has 0 radical (unpaired) electrons. The maximum absolute atomic E-state index is 12.3. The summed E-state index contributed by atoms with van der Waals surface area (Å²) in [5.74, 6) is -3.81. The highest BCUT2D eigenvalue weighted by Crippen LogP contribution is 2.25. The number of hydrogen-bond donors (Lipinski definition) is 1. The lowest BCUT2D eigenvalue weighted by Crippen LogP contribution is -2.46. The van der Waals surface area contributed by atoms with E-state index in [1.54, 1.807) is 6.07 Å². The Bertz CT molecular complexity index is 688. The Hall–Kier alpha value is -3.08. The second-order valence-electron chi connectivity index (χ2n) is 4.41. The average molecular weight is 287 g/mol. The Morgan fingerprint density at radius 3 is 2.71 bits per heavy atom. The van der Waals surface area contributed by atoms with Crippen molar-refractivity contribution in [3.63, 3.8) is 0 Å². The first kappa shape index (κ1) is 14.3. The Morgan fingerprint density at radius 1 is 1.43 bits per heavy atom. The van der Waals surface area contributed by atoms with Crippen molar-refractivity contribution in [2.24, 2.45) is 5.92 Å². The molecule has 1 unspecified atom stereocenters. The lowest BCUT2D eigenvalue weighted by molar-refractivity contribution is -0.385. The van der Waals surface area contributed by atoms with Crippen LogP contribution in [0.15, 0.2) is 18.2 Å². The standard InChI is InChI=1S/C13H9N3O5/c14-6-7-1-2-8(9(5-7)16(20)21)12(18)11-10(17)3-4-15-13(11)19/h1-2,5,11H,3-4H2,(H,15,19). The Labute approximate surface area is 118 Å². The maximum Gasteiger partial charge on any atom is 0.281 e. The maximum atomic E-state index is 12.3. The smallest absolute Gasteiger partial charge is 0.281 e. The summed E-state index contributed by atoms with van der Waals surface area (Å²) in [4.78, 5) is 45.8. The molecule has 0 aliphatic carbocycles. The fraction of sp³-hybridized carbons (Fsp3) is 0.231. The largest absolute Gasteiger partial charge is 0.355 e. The summed E-state index contributed by atoms with van der Waals surface area (Å²) in [5, 5.41) is 22.1. The van der Waals surface area contributed by atoms with Gasteiger partial charge in [0.2, 0.25) is 5.91 Å². The predicted octanol–water partition coefficient (Wildman–Crippen LogP) is 0.354. The topological polar surface area (TPSA) is 130 Å². The van der Waals surface area contributed by atoms with Crippen molar-refractivity contribution in [3.8, 4) is 6.07 Å². The van der Waals surface area contributed by atoms with Gasteiger partial charge >= 0.3 is 0 Å². The van der Waals surface area contributed by atoms with Crippen LogP contribution < -0.4 is 5.32 Å². The van der Waals surface area contributed by atoms with Crippen molar-refractivity contribution in [1.29, 1.82) is 5.26 Å². The van der Waals surface area contributed by atoms with E-state index in [1.807, 2.05) is 0 Å². The molecule has 1 saturated heterocycles. The fourth-order valence-corrected chi connectivity index (χ4v) is 2.08. The number of nitro groups is 1. The average Bonchev–Trinajstić information content (AvgIpc) is 2.46. The molecule has 0 spiro atoms. The van der Waals surface area contributed by atoms with Crippen molar-refractivity contribution < 1.29 is 19.3 Å². The van der Waals surface area contributed by atoms with E-state index in [2.05, 4.69) is 5.32 Å². The second kappa shape index (κ2) is 5.50. The number of carbonyl (C=O) groups excluding carboxylic acids is 3. The zero-order chi connectivity index (χ0) is 15.6. The quantitative estimate of drug-likeness (QED) is 0.369. The number of nitrogens with one attached hydrogen (secondary N) is 1. The summed E-state index contributed by atoms with van der Waals surface area (Å²) in [7, 11) is 0. The minimum Gasteiger partial charge on any atom is -0.355 e. The van der Waals surface area contributed by atoms with Gasteiger partial charge in [-0.15, -0.1) is 0 Å². The molecular formula is C13H9N3O5. The third-order valence-electron chi connectivity index (χ3n) is 3.11. The molecule has 8 heteroatoms. The van der Waals surface area contributed by atoms with Gasteiger partial charge in [0.05, 0.1) is 22.1 Å². The first-order chi connectivity index (χ1) is 9.95. The molecule has 1 heterocycles. The van der Waals surface area contributed by atoms with Gasteiger partial charge in [-0.25, -0.2) is 0 Å². The second-order valence-corrected chi connectivity index (χ2v) is 4.41. The summed E-state index contributed by atoms with van der Waals surface area (Å²) in [6, 6.07) is 4.99. The molecule has 1 fully saturated rings. The van der Waals surface area contributed by atoms with Crippen LogP contribution in [0.3, 0.4) is 0 Å². The SMILES string of the molecule is N#Cc1ccc(C(=O)C2C(=O)CCNC2=O)c([N+](=O)[O-])c1. The molecule has 1 aromatic rings. The van der Waals surface area contributed by atoms with E-state index < -0.39 is 34.0 Å². The third-order valence-corrected chi connectivity index (χ3v) is 3.11. The normalized spacial score (nSPS) is 17.8. The summed E-state index contributed by atoms with van der Waals surface area (Å²) >= 11 is 0. The summed E-state index contributed by atoms with van der Waals surface area (Å²) in [6.07, 6.45) is 0.00617. The minimum absolute atomic E-state index is 0.00617. The number of nitrogens with zero attached hydrogens (tertiary/aromatic N) is 2. The number of carbonyl (C=O) groups is 3. The highest BCUT2D eigenvalue weighted by Gasteiger charge is 2.39. The zero-order valence-electron chi connectivity index (χ0n) is 10.7. The number of piperidine rings is 1. The summed E-state index contributed by atoms with van der Waals surface area (Å²) in [6.45, 7) is 0.150. The molecule has 0 aromatic heterocycles. The van der Waals surface area contributed by atoms with Gasteiger partial charge in [-0.2, -0.15) is 5.26 Å². The number of ketones is 2. The van der Waals surface area contributed by atoms with Crippen molar-refractivity contribution in [2.75, 3.05) is 6.54 Å². The monoisotopic (exact) mass is 287 g/mol. The Morgan fingerprint density at radius 2 is 2.14 bits per heavy atom. The molecule has 1 amide bonds. The van der Waals surface area contributed by atoms with Crippen LogP contribution in [0.25, 0.3) is 0 Å². The number of benzene rings is 1. The number of nitro benzene ring substituents is 1. The number of nitriles is 1. The molecule has 1 aliphatic heterocycles. The van der Waals surface area contributed by atoms with Crippen LogP contribution in [0, 0.1) is 27.4 Å². The molecule has 21 heavy (non-hydrogen) atoms. The van der Waals surface area contributed by atoms with Crippen LogP contribution in [0.1, 0.15) is 22.3 Å². The van der Waals surface area contributed by atoms with Crippen molar-refractivity contribution >= 4 is 23.2 Å². The third kappa shape index (κ3) is 2.62. The molecule has 0 bridgehead atoms. The van der Waals surface area contributed by atoms with E-state index in [4.69, 9.17) is 5.26 Å². The van der Waals surface area contributed by atoms with E-state index in [-0.39, 0.29) is 24.1 Å². The van der Waals surface area contributed by atoms with Crippen molar-refractivity contribution in [1.82, 2.24) is 5.32 Å². The molecule has 2 rings (SSSR count). The van der Waals surface area contributed by atoms with Crippen LogP contribution in [-0.4, -0.2) is 28.9 Å². The lowest BCUT2D eigenvalue weighted by Gasteiger charge is -2.19. The number of amides is 1. The predicted molar refractivity (Wildman–Crippen MR) is 68.3 cm³/mol. The van der Waals surface area contributed by atoms with Gasteiger partial charge in [0.15, 0.2) is 17.5 Å². The highest BCUT2D eigenvalue weighted by atomic mass is 16.6. The van der Waals surface area contributed by atoms with Crippen LogP contribution in [0.2, 0.25) is 0 Å². The van der Waals surface area contributed by atoms with Crippen LogP contribution in [0.5, 0.6) is 0 Å². The zero-order valence-corrected chi connectivity index (χ0v) is 10.7. The lowest BCUT2D eigenvalue weighted by atomic mass is 9.88. The van der Waals surface area contributed by atoms with Gasteiger partial charge in [-0.3, -0.25) is 24.5 Å². The Balaban J connectivity index is 2.48. The van der Waals surface area contributed by atoms with Crippen LogP contribution >= 0.6 is 0 Å². The van der Waals surface area contributed by atoms with Gasteiger partial charge in [-0.05, 0) is 12.1 Å². The van der Waals surface area contributed by atoms with Gasteiger partial charge in [-0.1, -0.05) is 0 Å². The number of rotatable bonds is 3. The number of Topliss-reactive ketones (excluding diaryl/α,β-unsaturated/α-hetero) is 2. The van der Waals surface area contributed by atoms with E-state index in [9.17, 15) is 24.5 Å². The molecule has 1 atom stereocenters. The molecule has 106 valence electrons. The van der Waals surface area contributed by atoms with E-state index in [0.717, 1.165) is 12.1 Å². The summed E-state index contributed by atoms with van der Waals surface area (Å²) < 4.78 is 0. The van der Waals surface area contributed by atoms with Gasteiger partial charge in [0.25, 0.3) is 5.69 Å². The minimum atomic E-state index is -1.56. The number of hydrogen-bond acceptors (Lipinski definition) is 6. The molecule has 1 aliphatic rings. The van der Waals surface area contributed by atoms with E-state index >= 15 is 0 Å². The first-order valence-electron chi connectivity index (χ1n) is 5.99. The van der Waals surface area contributed by atoms with Gasteiger partial charge < -0.3 is 5.32 Å². The highest BCUT2D eigenvalue weighted by molar-refractivity contribution is 6.25. The summed E-state index contributed by atoms with van der Waals surface area (Å²) in [5.41, 5.74) is -0.933. The van der Waals surface area contributed by atoms with Crippen molar-refractivity contribution in [3.05, 3.63) is 39.4 Å². The van der Waals surface area contributed by atoms with Crippen molar-refractivity contribution in [2.45, 2.75) is 6.42 Å². The van der Waals surface area contributed by atoms with Gasteiger partial charge in [0, 0.05) is 19.0 Å². The fourth-order valence-electron chi connectivity index (χ4n) is 2.08. The molecule has 8 nitrogen and oxygen atoms in total. The molecule has 1 aromatic carbocycles. The molecular weight excluding hydrogens is 278 g/mol. The first-order valence-corrected chi connectivity index (χ1v) is 5.99. The molecule has 0 saturated carbocycles. The van der Waals surface area contributed by atoms with Crippen LogP contribution in [0.4, 0.5) is 5.69 Å². The Kier molecular flexibility index (Phi) is 3.75. The van der Waals surface area contributed by atoms with E-state index in [1.165, 1.54) is 6.07 Å².